The van der Waals surface area contributed by atoms with E-state index in [1.54, 1.807) is 19.1 Å². The summed E-state index contributed by atoms with van der Waals surface area (Å²) in [5.41, 5.74) is 1.03. The van der Waals surface area contributed by atoms with Crippen molar-refractivity contribution in [3.8, 4) is 17.9 Å². The summed E-state index contributed by atoms with van der Waals surface area (Å²) in [4.78, 5) is 0. The minimum absolute atomic E-state index is 0.0544. The number of nitriles is 2. The SMILES string of the molecule is Cc1c(C#N)c(C#N)c(O)c2ccccc12. The Balaban J connectivity index is 3.08. The number of phenols is 1. The highest BCUT2D eigenvalue weighted by molar-refractivity contribution is 5.95. The Bertz CT molecular complexity index is 602. The molecule has 0 aromatic heterocycles. The van der Waals surface area contributed by atoms with E-state index in [0.717, 1.165) is 10.9 Å². The number of nitrogens with zero attached hydrogens (tertiary/aromatic N) is 2. The van der Waals surface area contributed by atoms with Gasteiger partial charge in [-0.25, -0.2) is 0 Å². The molecule has 16 heavy (non-hydrogen) atoms. The van der Waals surface area contributed by atoms with Crippen LogP contribution in [0.15, 0.2) is 24.3 Å². The van der Waals surface area contributed by atoms with Crippen molar-refractivity contribution in [3.63, 3.8) is 0 Å². The van der Waals surface area contributed by atoms with Gasteiger partial charge in [-0.1, -0.05) is 24.3 Å². The number of hydrogen-bond acceptors (Lipinski definition) is 3. The lowest BCUT2D eigenvalue weighted by atomic mass is 9.95. The molecule has 0 bridgehead atoms. The van der Waals surface area contributed by atoms with Gasteiger partial charge < -0.3 is 5.11 Å². The molecule has 0 heterocycles. The minimum atomic E-state index is -0.111. The van der Waals surface area contributed by atoms with E-state index in [1.165, 1.54) is 0 Å². The van der Waals surface area contributed by atoms with Gasteiger partial charge in [0.15, 0.2) is 0 Å². The lowest BCUT2D eigenvalue weighted by Gasteiger charge is -2.08. The molecule has 0 aliphatic carbocycles. The minimum Gasteiger partial charge on any atom is -0.506 e. The van der Waals surface area contributed by atoms with Crippen LogP contribution in [-0.4, -0.2) is 5.11 Å². The fraction of sp³-hybridized carbons (Fsp3) is 0.0769. The summed E-state index contributed by atoms with van der Waals surface area (Å²) in [5, 5.41) is 29.3. The maximum atomic E-state index is 9.91. The molecule has 0 aliphatic heterocycles. The summed E-state index contributed by atoms with van der Waals surface area (Å²) in [7, 11) is 0. The van der Waals surface area contributed by atoms with E-state index < -0.39 is 0 Å². The van der Waals surface area contributed by atoms with Gasteiger partial charge in [0.1, 0.15) is 23.5 Å². The zero-order valence-corrected chi connectivity index (χ0v) is 8.65. The van der Waals surface area contributed by atoms with E-state index >= 15 is 0 Å². The number of hydrogen-bond donors (Lipinski definition) is 1. The number of aryl methyl sites for hydroxylation is 1. The molecule has 0 atom stereocenters. The molecular weight excluding hydrogens is 200 g/mol. The third-order valence-electron chi connectivity index (χ3n) is 2.67. The zero-order valence-electron chi connectivity index (χ0n) is 8.65. The molecule has 76 valence electrons. The predicted molar refractivity (Wildman–Crippen MR) is 59.8 cm³/mol. The Hall–Kier alpha value is -2.52. The van der Waals surface area contributed by atoms with Gasteiger partial charge in [0.2, 0.25) is 0 Å². The van der Waals surface area contributed by atoms with Crippen LogP contribution in [0.2, 0.25) is 0 Å². The molecule has 2 aromatic carbocycles. The summed E-state index contributed by atoms with van der Waals surface area (Å²) in [6, 6.07) is 11.0. The topological polar surface area (TPSA) is 67.8 Å². The van der Waals surface area contributed by atoms with Crippen LogP contribution in [0.1, 0.15) is 16.7 Å². The second kappa shape index (κ2) is 3.56. The van der Waals surface area contributed by atoms with Crippen molar-refractivity contribution in [2.75, 3.05) is 0 Å². The standard InChI is InChI=1S/C13H8N2O/c1-8-9-4-2-3-5-10(9)13(16)12(7-15)11(8)6-14/h2-5,16H,1H3. The normalized spacial score (nSPS) is 9.69. The van der Waals surface area contributed by atoms with Crippen molar-refractivity contribution in [3.05, 3.63) is 41.0 Å². The van der Waals surface area contributed by atoms with Crippen LogP contribution in [0.4, 0.5) is 0 Å². The van der Waals surface area contributed by atoms with E-state index in [-0.39, 0.29) is 16.9 Å². The maximum Gasteiger partial charge on any atom is 0.142 e. The highest BCUT2D eigenvalue weighted by Gasteiger charge is 2.15. The highest BCUT2D eigenvalue weighted by atomic mass is 16.3. The quantitative estimate of drug-likeness (QED) is 0.723. The Labute approximate surface area is 92.8 Å². The van der Waals surface area contributed by atoms with Crippen molar-refractivity contribution >= 4 is 10.8 Å². The van der Waals surface area contributed by atoms with Gasteiger partial charge in [-0.3, -0.25) is 0 Å². The highest BCUT2D eigenvalue weighted by Crippen LogP contribution is 2.34. The molecule has 2 rings (SSSR count). The molecule has 0 amide bonds. The van der Waals surface area contributed by atoms with Gasteiger partial charge in [-0.15, -0.1) is 0 Å². The van der Waals surface area contributed by atoms with Gasteiger partial charge in [0.05, 0.1) is 5.56 Å². The van der Waals surface area contributed by atoms with E-state index in [9.17, 15) is 5.11 Å². The summed E-state index contributed by atoms with van der Waals surface area (Å²) in [5.74, 6) is -0.111. The second-order valence-electron chi connectivity index (χ2n) is 3.49. The molecule has 0 spiro atoms. The molecule has 3 heteroatoms. The third-order valence-corrected chi connectivity index (χ3v) is 2.67. The molecule has 3 nitrogen and oxygen atoms in total. The molecule has 0 unspecified atom stereocenters. The number of benzene rings is 2. The first-order valence-corrected chi connectivity index (χ1v) is 4.75. The summed E-state index contributed by atoms with van der Waals surface area (Å²) >= 11 is 0. The molecule has 0 radical (unpaired) electrons. The third kappa shape index (κ3) is 1.20. The molecular formula is C13H8N2O. The summed E-state index contributed by atoms with van der Waals surface area (Å²) in [6.45, 7) is 1.78. The number of rotatable bonds is 0. The van der Waals surface area contributed by atoms with Gasteiger partial charge in [0, 0.05) is 5.39 Å². The average Bonchev–Trinajstić information content (AvgIpc) is 2.33. The van der Waals surface area contributed by atoms with Crippen LogP contribution in [0.25, 0.3) is 10.8 Å². The monoisotopic (exact) mass is 208 g/mol. The van der Waals surface area contributed by atoms with Gasteiger partial charge >= 0.3 is 0 Å². The van der Waals surface area contributed by atoms with E-state index in [1.807, 2.05) is 24.3 Å². The van der Waals surface area contributed by atoms with Crippen LogP contribution in [0.5, 0.6) is 5.75 Å². The van der Waals surface area contributed by atoms with E-state index in [2.05, 4.69) is 0 Å². The Morgan fingerprint density at radius 3 is 2.12 bits per heavy atom. The Morgan fingerprint density at radius 1 is 1.00 bits per heavy atom. The van der Waals surface area contributed by atoms with Crippen molar-refractivity contribution in [1.82, 2.24) is 0 Å². The summed E-state index contributed by atoms with van der Waals surface area (Å²) in [6.07, 6.45) is 0. The van der Waals surface area contributed by atoms with Crippen LogP contribution >= 0.6 is 0 Å². The van der Waals surface area contributed by atoms with Gasteiger partial charge in [-0.05, 0) is 17.9 Å². The predicted octanol–water partition coefficient (Wildman–Crippen LogP) is 2.60. The van der Waals surface area contributed by atoms with Crippen molar-refractivity contribution in [2.45, 2.75) is 6.92 Å². The first-order chi connectivity index (χ1) is 7.70. The average molecular weight is 208 g/mol. The Kier molecular flexibility index (Phi) is 2.23. The maximum absolute atomic E-state index is 9.91. The lowest BCUT2D eigenvalue weighted by Crippen LogP contribution is -1.92. The van der Waals surface area contributed by atoms with Crippen LogP contribution < -0.4 is 0 Å². The van der Waals surface area contributed by atoms with E-state index in [0.29, 0.717) is 5.39 Å². The fourth-order valence-electron chi connectivity index (χ4n) is 1.84. The number of aromatic hydroxyl groups is 1. The molecule has 0 fully saturated rings. The number of phenolic OH excluding ortho intramolecular Hbond substituents is 1. The largest absolute Gasteiger partial charge is 0.506 e. The molecule has 0 aliphatic rings. The molecule has 0 saturated carbocycles. The van der Waals surface area contributed by atoms with Gasteiger partial charge in [0.25, 0.3) is 0 Å². The summed E-state index contributed by atoms with van der Waals surface area (Å²) < 4.78 is 0. The van der Waals surface area contributed by atoms with Gasteiger partial charge in [-0.2, -0.15) is 10.5 Å². The lowest BCUT2D eigenvalue weighted by molar-refractivity contribution is 0.479. The first-order valence-electron chi connectivity index (χ1n) is 4.75. The van der Waals surface area contributed by atoms with Crippen molar-refractivity contribution in [2.24, 2.45) is 0 Å². The van der Waals surface area contributed by atoms with Crippen molar-refractivity contribution < 1.29 is 5.11 Å². The molecule has 0 saturated heterocycles. The molecule has 2 aromatic rings. The Morgan fingerprint density at radius 2 is 1.56 bits per heavy atom. The zero-order chi connectivity index (χ0) is 11.7. The van der Waals surface area contributed by atoms with Crippen LogP contribution in [0.3, 0.4) is 0 Å². The smallest absolute Gasteiger partial charge is 0.142 e. The second-order valence-corrected chi connectivity index (χ2v) is 3.49. The van der Waals surface area contributed by atoms with Crippen LogP contribution in [0, 0.1) is 29.6 Å². The molecule has 1 N–H and O–H groups in total. The van der Waals surface area contributed by atoms with Crippen molar-refractivity contribution in [1.29, 1.82) is 10.5 Å². The fourth-order valence-corrected chi connectivity index (χ4v) is 1.84. The van der Waals surface area contributed by atoms with Crippen LogP contribution in [-0.2, 0) is 0 Å². The number of fused-ring (bicyclic) bond motifs is 1. The first kappa shape index (κ1) is 10.0. The van der Waals surface area contributed by atoms with E-state index in [4.69, 9.17) is 10.5 Å².